The Morgan fingerprint density at radius 2 is 1.83 bits per heavy atom. The number of rotatable bonds is 5. The van der Waals surface area contributed by atoms with Crippen LogP contribution in [0, 0.1) is 5.92 Å². The highest BCUT2D eigenvalue weighted by Crippen LogP contribution is 2.11. The van der Waals surface area contributed by atoms with Crippen molar-refractivity contribution in [2.24, 2.45) is 5.92 Å². The molecule has 0 heterocycles. The summed E-state index contributed by atoms with van der Waals surface area (Å²) in [6.45, 7) is 3.52. The summed E-state index contributed by atoms with van der Waals surface area (Å²) in [7, 11) is 0. The van der Waals surface area contributed by atoms with Crippen molar-refractivity contribution in [3.05, 3.63) is 12.2 Å². The Kier molecular flexibility index (Phi) is 5.98. The highest BCUT2D eigenvalue weighted by atomic mass is 16.3. The third-order valence-corrected chi connectivity index (χ3v) is 1.90. The van der Waals surface area contributed by atoms with Crippen LogP contribution in [0.15, 0.2) is 12.2 Å². The maximum absolute atomic E-state index is 9.29. The lowest BCUT2D eigenvalue weighted by Crippen LogP contribution is -2.18. The zero-order chi connectivity index (χ0) is 9.56. The summed E-state index contributed by atoms with van der Waals surface area (Å²) in [5.74, 6) is 0.0725. The van der Waals surface area contributed by atoms with Gasteiger partial charge in [0.1, 0.15) is 0 Å². The Hall–Kier alpha value is -0.380. The van der Waals surface area contributed by atoms with Crippen LogP contribution >= 0.6 is 0 Å². The minimum atomic E-state index is -0.568. The Morgan fingerprint density at radius 1 is 1.25 bits per heavy atom. The van der Waals surface area contributed by atoms with Gasteiger partial charge in [0.25, 0.3) is 0 Å². The summed E-state index contributed by atoms with van der Waals surface area (Å²) in [4.78, 5) is 0. The fourth-order valence-corrected chi connectivity index (χ4v) is 0.874. The summed E-state index contributed by atoms with van der Waals surface area (Å²) in [6.07, 6.45) is 2.59. The minimum absolute atomic E-state index is 0.0554. The standard InChI is InChI=1S/C9H18O3/c1-7(8(2)11)6-9(12)4-3-5-10/h3-4,7-12H,5-6H2,1-2H3/b4-3+/t7?,8-,9-/m0/s1. The van der Waals surface area contributed by atoms with E-state index in [9.17, 15) is 5.11 Å². The molecule has 0 aromatic heterocycles. The molecule has 0 aliphatic carbocycles. The number of hydrogen-bond donors (Lipinski definition) is 3. The molecule has 0 aliphatic heterocycles. The molecule has 12 heavy (non-hydrogen) atoms. The van der Waals surface area contributed by atoms with E-state index in [-0.39, 0.29) is 12.5 Å². The van der Waals surface area contributed by atoms with E-state index in [2.05, 4.69) is 0 Å². The van der Waals surface area contributed by atoms with Crippen molar-refractivity contribution in [2.75, 3.05) is 6.61 Å². The van der Waals surface area contributed by atoms with Gasteiger partial charge in [0.05, 0.1) is 18.8 Å². The molecule has 3 atom stereocenters. The maximum Gasteiger partial charge on any atom is 0.0725 e. The summed E-state index contributed by atoms with van der Waals surface area (Å²) in [5.41, 5.74) is 0. The fraction of sp³-hybridized carbons (Fsp3) is 0.778. The number of hydrogen-bond acceptors (Lipinski definition) is 3. The zero-order valence-corrected chi connectivity index (χ0v) is 7.64. The molecule has 0 aliphatic rings. The highest BCUT2D eigenvalue weighted by Gasteiger charge is 2.11. The fourth-order valence-electron chi connectivity index (χ4n) is 0.874. The van der Waals surface area contributed by atoms with Crippen molar-refractivity contribution in [3.8, 4) is 0 Å². The minimum Gasteiger partial charge on any atom is -0.393 e. The van der Waals surface area contributed by atoms with Gasteiger partial charge in [-0.25, -0.2) is 0 Å². The molecule has 0 bridgehead atoms. The summed E-state index contributed by atoms with van der Waals surface area (Å²) >= 11 is 0. The van der Waals surface area contributed by atoms with Crippen LogP contribution in [-0.2, 0) is 0 Å². The first-order valence-electron chi connectivity index (χ1n) is 4.21. The lowest BCUT2D eigenvalue weighted by atomic mass is 9.98. The van der Waals surface area contributed by atoms with Gasteiger partial charge in [-0.05, 0) is 19.3 Å². The molecule has 0 aromatic carbocycles. The molecular formula is C9H18O3. The largest absolute Gasteiger partial charge is 0.393 e. The van der Waals surface area contributed by atoms with Crippen molar-refractivity contribution in [1.82, 2.24) is 0 Å². The monoisotopic (exact) mass is 174 g/mol. The van der Waals surface area contributed by atoms with Crippen LogP contribution < -0.4 is 0 Å². The van der Waals surface area contributed by atoms with Crippen LogP contribution in [0.25, 0.3) is 0 Å². The zero-order valence-electron chi connectivity index (χ0n) is 7.64. The van der Waals surface area contributed by atoms with Crippen LogP contribution in [-0.4, -0.2) is 34.1 Å². The average molecular weight is 174 g/mol. The summed E-state index contributed by atoms with van der Waals surface area (Å²) in [6, 6.07) is 0. The highest BCUT2D eigenvalue weighted by molar-refractivity contribution is 4.89. The van der Waals surface area contributed by atoms with Gasteiger partial charge >= 0.3 is 0 Å². The van der Waals surface area contributed by atoms with E-state index in [0.717, 1.165) is 0 Å². The van der Waals surface area contributed by atoms with E-state index in [1.165, 1.54) is 6.08 Å². The molecule has 0 rings (SSSR count). The van der Waals surface area contributed by atoms with Crippen LogP contribution in [0.3, 0.4) is 0 Å². The molecule has 0 aromatic rings. The Morgan fingerprint density at radius 3 is 2.25 bits per heavy atom. The molecule has 0 saturated heterocycles. The van der Waals surface area contributed by atoms with E-state index in [0.29, 0.717) is 6.42 Å². The first-order valence-corrected chi connectivity index (χ1v) is 4.21. The van der Waals surface area contributed by atoms with Gasteiger partial charge in [-0.1, -0.05) is 19.1 Å². The Labute approximate surface area is 73.4 Å². The van der Waals surface area contributed by atoms with Gasteiger partial charge in [-0.15, -0.1) is 0 Å². The SMILES string of the molecule is CC(C[C@@H](O)/C=C/CO)[C@H](C)O. The first-order chi connectivity index (χ1) is 5.57. The van der Waals surface area contributed by atoms with E-state index < -0.39 is 12.2 Å². The van der Waals surface area contributed by atoms with Crippen molar-refractivity contribution in [2.45, 2.75) is 32.5 Å². The lowest BCUT2D eigenvalue weighted by molar-refractivity contribution is 0.0968. The molecule has 0 spiro atoms. The van der Waals surface area contributed by atoms with Gasteiger partial charge in [-0.2, -0.15) is 0 Å². The molecule has 0 amide bonds. The lowest BCUT2D eigenvalue weighted by Gasteiger charge is -2.16. The van der Waals surface area contributed by atoms with E-state index >= 15 is 0 Å². The van der Waals surface area contributed by atoms with E-state index in [1.54, 1.807) is 13.0 Å². The maximum atomic E-state index is 9.29. The van der Waals surface area contributed by atoms with E-state index in [4.69, 9.17) is 10.2 Å². The molecule has 0 fully saturated rings. The first kappa shape index (κ1) is 11.6. The summed E-state index contributed by atoms with van der Waals surface area (Å²) in [5, 5.41) is 26.8. The Balaban J connectivity index is 3.68. The second kappa shape index (κ2) is 6.17. The smallest absolute Gasteiger partial charge is 0.0725 e. The quantitative estimate of drug-likeness (QED) is 0.525. The summed E-state index contributed by atoms with van der Waals surface area (Å²) < 4.78 is 0. The molecule has 3 nitrogen and oxygen atoms in total. The topological polar surface area (TPSA) is 60.7 Å². The van der Waals surface area contributed by atoms with Crippen LogP contribution in [0.5, 0.6) is 0 Å². The van der Waals surface area contributed by atoms with Gasteiger partial charge in [0.2, 0.25) is 0 Å². The Bertz CT molecular complexity index is 132. The van der Waals surface area contributed by atoms with Crippen molar-refractivity contribution in [3.63, 3.8) is 0 Å². The van der Waals surface area contributed by atoms with Gasteiger partial charge in [0, 0.05) is 0 Å². The van der Waals surface area contributed by atoms with E-state index in [1.807, 2.05) is 6.92 Å². The molecule has 3 heteroatoms. The molecule has 1 unspecified atom stereocenters. The molecule has 0 radical (unpaired) electrons. The van der Waals surface area contributed by atoms with Crippen LogP contribution in [0.2, 0.25) is 0 Å². The van der Waals surface area contributed by atoms with Crippen molar-refractivity contribution < 1.29 is 15.3 Å². The second-order valence-electron chi connectivity index (χ2n) is 3.13. The van der Waals surface area contributed by atoms with Crippen LogP contribution in [0.1, 0.15) is 20.3 Å². The van der Waals surface area contributed by atoms with Gasteiger partial charge in [0.15, 0.2) is 0 Å². The molecular weight excluding hydrogens is 156 g/mol. The van der Waals surface area contributed by atoms with Gasteiger partial charge in [-0.3, -0.25) is 0 Å². The predicted molar refractivity (Wildman–Crippen MR) is 47.7 cm³/mol. The molecule has 0 saturated carbocycles. The average Bonchev–Trinajstić information content (AvgIpc) is 2.00. The molecule has 72 valence electrons. The third kappa shape index (κ3) is 5.29. The van der Waals surface area contributed by atoms with Gasteiger partial charge < -0.3 is 15.3 Å². The normalized spacial score (nSPS) is 19.4. The third-order valence-electron chi connectivity index (χ3n) is 1.90. The van der Waals surface area contributed by atoms with Crippen molar-refractivity contribution in [1.29, 1.82) is 0 Å². The second-order valence-corrected chi connectivity index (χ2v) is 3.13. The van der Waals surface area contributed by atoms with Crippen molar-refractivity contribution >= 4 is 0 Å². The molecule has 3 N–H and O–H groups in total. The predicted octanol–water partition coefficient (Wildman–Crippen LogP) is 0.303. The number of aliphatic hydroxyl groups is 3. The number of aliphatic hydroxyl groups excluding tert-OH is 3. The van der Waals surface area contributed by atoms with Crippen LogP contribution in [0.4, 0.5) is 0 Å².